The third-order valence-electron chi connectivity index (χ3n) is 2.51. The van der Waals surface area contributed by atoms with Crippen LogP contribution in [0.15, 0.2) is 30.3 Å². The van der Waals surface area contributed by atoms with E-state index in [0.717, 1.165) is 0 Å². The summed E-state index contributed by atoms with van der Waals surface area (Å²) in [6.07, 6.45) is 0. The molecule has 0 saturated heterocycles. The van der Waals surface area contributed by atoms with Crippen LogP contribution in [0, 0.1) is 10.1 Å². The number of rotatable bonds is 4. The Morgan fingerprint density at radius 3 is 2.55 bits per heavy atom. The van der Waals surface area contributed by atoms with Gasteiger partial charge in [0, 0.05) is 18.8 Å². The van der Waals surface area contributed by atoms with Crippen LogP contribution >= 0.6 is 23.2 Å². The largest absolute Gasteiger partial charge is 0.373 e. The second-order valence-electron chi connectivity index (χ2n) is 3.83. The second-order valence-corrected chi connectivity index (χ2v) is 4.64. The fraction of sp³-hybridized carbons (Fsp3) is 0.0833. The molecule has 20 heavy (non-hydrogen) atoms. The molecular weight excluding hydrogens is 303 g/mol. The number of halogens is 2. The van der Waals surface area contributed by atoms with Gasteiger partial charge in [0.05, 0.1) is 15.0 Å². The van der Waals surface area contributed by atoms with Gasteiger partial charge in [-0.2, -0.15) is 0 Å². The lowest BCUT2D eigenvalue weighted by molar-refractivity contribution is -0.384. The van der Waals surface area contributed by atoms with Crippen molar-refractivity contribution in [2.24, 2.45) is 0 Å². The second kappa shape index (κ2) is 5.94. The lowest BCUT2D eigenvalue weighted by Gasteiger charge is -2.08. The molecule has 0 fully saturated rings. The minimum Gasteiger partial charge on any atom is -0.373 e. The maximum atomic E-state index is 11.0. The molecule has 0 amide bonds. The summed E-state index contributed by atoms with van der Waals surface area (Å²) in [6.45, 7) is 0. The molecule has 1 aromatic heterocycles. The van der Waals surface area contributed by atoms with Crippen molar-refractivity contribution >= 4 is 46.2 Å². The SMILES string of the molecule is CNc1ccc([N+](=O)[O-])c(Nc2ccc(Cl)c(Cl)c2)n1. The van der Waals surface area contributed by atoms with Gasteiger partial charge in [0.25, 0.3) is 0 Å². The van der Waals surface area contributed by atoms with Gasteiger partial charge in [-0.15, -0.1) is 0 Å². The first kappa shape index (κ1) is 14.4. The molecule has 0 saturated carbocycles. The van der Waals surface area contributed by atoms with Crippen molar-refractivity contribution in [1.29, 1.82) is 0 Å². The molecule has 104 valence electrons. The number of pyridine rings is 1. The average molecular weight is 313 g/mol. The monoisotopic (exact) mass is 312 g/mol. The van der Waals surface area contributed by atoms with Gasteiger partial charge in [0.1, 0.15) is 5.82 Å². The summed E-state index contributed by atoms with van der Waals surface area (Å²) in [6, 6.07) is 7.73. The molecule has 0 atom stereocenters. The fourth-order valence-electron chi connectivity index (χ4n) is 1.54. The first-order chi connectivity index (χ1) is 9.51. The third kappa shape index (κ3) is 3.09. The van der Waals surface area contributed by atoms with Gasteiger partial charge in [-0.05, 0) is 24.3 Å². The summed E-state index contributed by atoms with van der Waals surface area (Å²) in [5.41, 5.74) is 0.429. The van der Waals surface area contributed by atoms with E-state index >= 15 is 0 Å². The van der Waals surface area contributed by atoms with Crippen molar-refractivity contribution in [3.63, 3.8) is 0 Å². The van der Waals surface area contributed by atoms with E-state index < -0.39 is 4.92 Å². The third-order valence-corrected chi connectivity index (χ3v) is 3.25. The molecule has 0 unspecified atom stereocenters. The quantitative estimate of drug-likeness (QED) is 0.656. The van der Waals surface area contributed by atoms with Crippen molar-refractivity contribution in [3.05, 3.63) is 50.5 Å². The molecule has 0 aliphatic carbocycles. The van der Waals surface area contributed by atoms with E-state index in [9.17, 15) is 10.1 Å². The van der Waals surface area contributed by atoms with Crippen molar-refractivity contribution < 1.29 is 4.92 Å². The van der Waals surface area contributed by atoms with Crippen LogP contribution in [0.25, 0.3) is 0 Å². The van der Waals surface area contributed by atoms with Gasteiger partial charge in [-0.3, -0.25) is 10.1 Å². The summed E-state index contributed by atoms with van der Waals surface area (Å²) in [5, 5.41) is 17.4. The molecule has 2 N–H and O–H groups in total. The topological polar surface area (TPSA) is 80.1 Å². The molecule has 0 bridgehead atoms. The maximum Gasteiger partial charge on any atom is 0.311 e. The maximum absolute atomic E-state index is 11.0. The van der Waals surface area contributed by atoms with Crippen molar-refractivity contribution in [3.8, 4) is 0 Å². The van der Waals surface area contributed by atoms with E-state index in [0.29, 0.717) is 21.6 Å². The number of nitrogens with zero attached hydrogens (tertiary/aromatic N) is 2. The first-order valence-electron chi connectivity index (χ1n) is 5.56. The fourth-order valence-corrected chi connectivity index (χ4v) is 1.84. The number of aromatic nitrogens is 1. The zero-order valence-electron chi connectivity index (χ0n) is 10.4. The highest BCUT2D eigenvalue weighted by Crippen LogP contribution is 2.30. The molecule has 8 heteroatoms. The molecule has 0 aliphatic rings. The summed E-state index contributed by atoms with van der Waals surface area (Å²) < 4.78 is 0. The highest BCUT2D eigenvalue weighted by molar-refractivity contribution is 6.42. The van der Waals surface area contributed by atoms with Crippen LogP contribution in [-0.2, 0) is 0 Å². The smallest absolute Gasteiger partial charge is 0.311 e. The van der Waals surface area contributed by atoms with E-state index in [1.165, 1.54) is 12.1 Å². The molecule has 0 spiro atoms. The van der Waals surface area contributed by atoms with Gasteiger partial charge in [-0.1, -0.05) is 23.2 Å². The van der Waals surface area contributed by atoms with E-state index in [4.69, 9.17) is 23.2 Å². The van der Waals surface area contributed by atoms with Gasteiger partial charge in [0.2, 0.25) is 5.82 Å². The van der Waals surface area contributed by atoms with Crippen LogP contribution in [0.5, 0.6) is 0 Å². The molecule has 0 radical (unpaired) electrons. The standard InChI is InChI=1S/C12H10Cl2N4O2/c1-15-11-5-4-10(18(19)20)12(17-11)16-7-2-3-8(13)9(14)6-7/h2-6H,1H3,(H2,15,16,17). The average Bonchev–Trinajstić information content (AvgIpc) is 2.42. The zero-order chi connectivity index (χ0) is 14.7. The summed E-state index contributed by atoms with van der Waals surface area (Å²) in [4.78, 5) is 14.6. The van der Waals surface area contributed by atoms with Crippen LogP contribution in [-0.4, -0.2) is 17.0 Å². The number of benzene rings is 1. The lowest BCUT2D eigenvalue weighted by Crippen LogP contribution is -2.02. The van der Waals surface area contributed by atoms with E-state index in [1.807, 2.05) is 0 Å². The number of nitro groups is 1. The van der Waals surface area contributed by atoms with Gasteiger partial charge in [-0.25, -0.2) is 4.98 Å². The van der Waals surface area contributed by atoms with Gasteiger partial charge < -0.3 is 10.6 Å². The zero-order valence-corrected chi connectivity index (χ0v) is 11.9. The van der Waals surface area contributed by atoms with E-state index in [2.05, 4.69) is 15.6 Å². The van der Waals surface area contributed by atoms with Crippen LogP contribution < -0.4 is 10.6 Å². The number of hydrogen-bond acceptors (Lipinski definition) is 5. The minimum atomic E-state index is -0.508. The highest BCUT2D eigenvalue weighted by atomic mass is 35.5. The molecule has 2 rings (SSSR count). The molecule has 1 aromatic carbocycles. The molecule has 1 heterocycles. The Hall–Kier alpha value is -2.05. The Morgan fingerprint density at radius 2 is 1.95 bits per heavy atom. The van der Waals surface area contributed by atoms with E-state index in [1.54, 1.807) is 25.2 Å². The van der Waals surface area contributed by atoms with Crippen molar-refractivity contribution in [1.82, 2.24) is 4.98 Å². The Morgan fingerprint density at radius 1 is 1.20 bits per heavy atom. The molecule has 2 aromatic rings. The lowest BCUT2D eigenvalue weighted by atomic mass is 10.3. The molecule has 0 aliphatic heterocycles. The normalized spacial score (nSPS) is 10.2. The van der Waals surface area contributed by atoms with Crippen LogP contribution in [0.1, 0.15) is 0 Å². The summed E-state index contributed by atoms with van der Waals surface area (Å²) in [7, 11) is 1.68. The van der Waals surface area contributed by atoms with Crippen LogP contribution in [0.3, 0.4) is 0 Å². The number of nitrogens with one attached hydrogen (secondary N) is 2. The van der Waals surface area contributed by atoms with Crippen molar-refractivity contribution in [2.45, 2.75) is 0 Å². The van der Waals surface area contributed by atoms with Gasteiger partial charge in [0.15, 0.2) is 0 Å². The Balaban J connectivity index is 2.40. The van der Waals surface area contributed by atoms with Gasteiger partial charge >= 0.3 is 5.69 Å². The number of hydrogen-bond donors (Lipinski definition) is 2. The van der Waals surface area contributed by atoms with E-state index in [-0.39, 0.29) is 11.5 Å². The predicted octanol–water partition coefficient (Wildman–Crippen LogP) is 4.08. The highest BCUT2D eigenvalue weighted by Gasteiger charge is 2.16. The Labute approximate surface area is 124 Å². The Bertz CT molecular complexity index is 664. The van der Waals surface area contributed by atoms with Crippen LogP contribution in [0.4, 0.5) is 23.0 Å². The summed E-state index contributed by atoms with van der Waals surface area (Å²) in [5.74, 6) is 0.637. The van der Waals surface area contributed by atoms with Crippen LogP contribution in [0.2, 0.25) is 10.0 Å². The predicted molar refractivity (Wildman–Crippen MR) is 80.2 cm³/mol. The molecular formula is C12H10Cl2N4O2. The first-order valence-corrected chi connectivity index (χ1v) is 6.32. The minimum absolute atomic E-state index is 0.125. The van der Waals surface area contributed by atoms with Crippen molar-refractivity contribution in [2.75, 3.05) is 17.7 Å². The Kier molecular flexibility index (Phi) is 4.26. The number of anilines is 3. The molecule has 6 nitrogen and oxygen atoms in total. The summed E-state index contributed by atoms with van der Waals surface area (Å²) >= 11 is 11.7.